The number of hydrogen-bond acceptors (Lipinski definition) is 4. The van der Waals surface area contributed by atoms with Gasteiger partial charge in [0.15, 0.2) is 0 Å². The van der Waals surface area contributed by atoms with Crippen LogP contribution in [0.5, 0.6) is 11.5 Å². The summed E-state index contributed by atoms with van der Waals surface area (Å²) < 4.78 is 5.43. The summed E-state index contributed by atoms with van der Waals surface area (Å²) in [5, 5.41) is 21.3. The molecule has 0 radical (unpaired) electrons. The molecule has 0 bridgehead atoms. The Morgan fingerprint density at radius 2 is 2.19 bits per heavy atom. The first kappa shape index (κ1) is 12.4. The van der Waals surface area contributed by atoms with Gasteiger partial charge in [0.25, 0.3) is 0 Å². The Bertz CT molecular complexity index is 375. The average Bonchev–Trinajstić information content (AvgIpc) is 2.29. The minimum atomic E-state index is 0.0595. The van der Waals surface area contributed by atoms with E-state index in [0.29, 0.717) is 23.6 Å². The van der Waals surface area contributed by atoms with Crippen molar-refractivity contribution in [1.82, 2.24) is 0 Å². The normalized spacial score (nSPS) is 11.5. The van der Waals surface area contributed by atoms with Crippen molar-refractivity contribution in [2.45, 2.75) is 26.7 Å². The van der Waals surface area contributed by atoms with Crippen LogP contribution >= 0.6 is 0 Å². The number of nitrogens with zero attached hydrogens (tertiary/aromatic N) is 1. The van der Waals surface area contributed by atoms with Crippen LogP contribution in [-0.4, -0.2) is 22.6 Å². The zero-order chi connectivity index (χ0) is 12.0. The van der Waals surface area contributed by atoms with Crippen LogP contribution in [-0.2, 0) is 0 Å². The maximum absolute atomic E-state index is 9.68. The fourth-order valence-corrected chi connectivity index (χ4v) is 1.30. The van der Waals surface area contributed by atoms with Gasteiger partial charge < -0.3 is 15.1 Å². The summed E-state index contributed by atoms with van der Waals surface area (Å²) in [6.07, 6.45) is 2.06. The summed E-state index contributed by atoms with van der Waals surface area (Å²) in [5.74, 6) is 0.685. The van der Waals surface area contributed by atoms with Crippen molar-refractivity contribution in [2.75, 3.05) is 6.61 Å². The Morgan fingerprint density at radius 1 is 1.44 bits per heavy atom. The Morgan fingerprint density at radius 3 is 2.75 bits per heavy atom. The molecule has 16 heavy (non-hydrogen) atoms. The number of oxime groups is 1. The quantitative estimate of drug-likeness (QED) is 0.349. The van der Waals surface area contributed by atoms with E-state index in [4.69, 9.17) is 9.94 Å². The number of phenols is 1. The standard InChI is InChI=1S/C12H17NO3/c1-3-4-7-16-10-5-6-11(9(2)13-15)12(14)8-10/h5-6,8,14-15H,3-4,7H2,1-2H3. The van der Waals surface area contributed by atoms with E-state index in [2.05, 4.69) is 12.1 Å². The Balaban J connectivity index is 2.75. The molecule has 0 unspecified atom stereocenters. The van der Waals surface area contributed by atoms with Crippen molar-refractivity contribution in [3.8, 4) is 11.5 Å². The second-order valence-corrected chi connectivity index (χ2v) is 3.57. The molecule has 0 spiro atoms. The lowest BCUT2D eigenvalue weighted by molar-refractivity contribution is 0.307. The van der Waals surface area contributed by atoms with Crippen LogP contribution in [0.2, 0.25) is 0 Å². The third-order valence-corrected chi connectivity index (χ3v) is 2.28. The zero-order valence-electron chi connectivity index (χ0n) is 9.60. The van der Waals surface area contributed by atoms with Crippen molar-refractivity contribution < 1.29 is 15.1 Å². The summed E-state index contributed by atoms with van der Waals surface area (Å²) in [7, 11) is 0. The largest absolute Gasteiger partial charge is 0.507 e. The van der Waals surface area contributed by atoms with E-state index >= 15 is 0 Å². The molecule has 0 atom stereocenters. The van der Waals surface area contributed by atoms with Gasteiger partial charge in [-0.1, -0.05) is 18.5 Å². The molecule has 0 saturated carbocycles. The van der Waals surface area contributed by atoms with E-state index in [1.54, 1.807) is 19.1 Å². The first-order chi connectivity index (χ1) is 7.69. The Labute approximate surface area is 95.2 Å². The molecule has 0 saturated heterocycles. The molecule has 1 aromatic rings. The molecule has 2 N–H and O–H groups in total. The SMILES string of the molecule is CCCCOc1ccc(C(C)=NO)c(O)c1. The molecule has 4 nitrogen and oxygen atoms in total. The number of hydrogen-bond donors (Lipinski definition) is 2. The van der Waals surface area contributed by atoms with Crippen molar-refractivity contribution in [2.24, 2.45) is 5.16 Å². The summed E-state index contributed by atoms with van der Waals surface area (Å²) >= 11 is 0. The average molecular weight is 223 g/mol. The number of unbranched alkanes of at least 4 members (excludes halogenated alkanes) is 1. The lowest BCUT2D eigenvalue weighted by atomic mass is 10.1. The van der Waals surface area contributed by atoms with Crippen molar-refractivity contribution >= 4 is 5.71 Å². The topological polar surface area (TPSA) is 62.0 Å². The van der Waals surface area contributed by atoms with Gasteiger partial charge in [0.1, 0.15) is 11.5 Å². The molecule has 0 amide bonds. The van der Waals surface area contributed by atoms with Gasteiger partial charge in [-0.15, -0.1) is 0 Å². The lowest BCUT2D eigenvalue weighted by Gasteiger charge is -2.08. The fourth-order valence-electron chi connectivity index (χ4n) is 1.30. The summed E-state index contributed by atoms with van der Waals surface area (Å²) in [5.41, 5.74) is 0.878. The van der Waals surface area contributed by atoms with Crippen LogP contribution in [0.4, 0.5) is 0 Å². The van der Waals surface area contributed by atoms with Crippen molar-refractivity contribution in [1.29, 1.82) is 0 Å². The van der Waals surface area contributed by atoms with E-state index in [9.17, 15) is 5.11 Å². The van der Waals surface area contributed by atoms with E-state index in [-0.39, 0.29) is 5.75 Å². The first-order valence-electron chi connectivity index (χ1n) is 5.34. The predicted octanol–water partition coefficient (Wildman–Crippen LogP) is 2.77. The molecule has 0 fully saturated rings. The molecule has 0 aliphatic carbocycles. The van der Waals surface area contributed by atoms with Crippen LogP contribution in [0.25, 0.3) is 0 Å². The number of benzene rings is 1. The molecule has 1 aromatic carbocycles. The molecular weight excluding hydrogens is 206 g/mol. The van der Waals surface area contributed by atoms with Gasteiger partial charge in [-0.3, -0.25) is 0 Å². The van der Waals surface area contributed by atoms with Crippen molar-refractivity contribution in [3.63, 3.8) is 0 Å². The third-order valence-electron chi connectivity index (χ3n) is 2.28. The smallest absolute Gasteiger partial charge is 0.128 e. The molecular formula is C12H17NO3. The highest BCUT2D eigenvalue weighted by atomic mass is 16.5. The second kappa shape index (κ2) is 6.00. The minimum Gasteiger partial charge on any atom is -0.507 e. The molecule has 0 heterocycles. The second-order valence-electron chi connectivity index (χ2n) is 3.57. The van der Waals surface area contributed by atoms with Gasteiger partial charge in [-0.25, -0.2) is 0 Å². The summed E-state index contributed by atoms with van der Waals surface area (Å²) in [4.78, 5) is 0. The molecule has 1 rings (SSSR count). The maximum Gasteiger partial charge on any atom is 0.128 e. The van der Waals surface area contributed by atoms with Gasteiger partial charge in [0.2, 0.25) is 0 Å². The van der Waals surface area contributed by atoms with Crippen LogP contribution in [0.15, 0.2) is 23.4 Å². The highest BCUT2D eigenvalue weighted by Crippen LogP contribution is 2.24. The number of ether oxygens (including phenoxy) is 1. The van der Waals surface area contributed by atoms with Gasteiger partial charge >= 0.3 is 0 Å². The van der Waals surface area contributed by atoms with Gasteiger partial charge in [0.05, 0.1) is 12.3 Å². The molecule has 0 aliphatic heterocycles. The molecule has 88 valence electrons. The first-order valence-corrected chi connectivity index (χ1v) is 5.34. The van der Waals surface area contributed by atoms with Gasteiger partial charge in [-0.05, 0) is 25.5 Å². The number of rotatable bonds is 5. The summed E-state index contributed by atoms with van der Waals surface area (Å²) in [6, 6.07) is 4.95. The molecule has 4 heteroatoms. The van der Waals surface area contributed by atoms with Crippen LogP contribution in [0.1, 0.15) is 32.3 Å². The lowest BCUT2D eigenvalue weighted by Crippen LogP contribution is -1.99. The molecule has 0 aromatic heterocycles. The molecule has 0 aliphatic rings. The predicted molar refractivity (Wildman–Crippen MR) is 62.5 cm³/mol. The fraction of sp³-hybridized carbons (Fsp3) is 0.417. The van der Waals surface area contributed by atoms with E-state index in [1.807, 2.05) is 0 Å². The monoisotopic (exact) mass is 223 g/mol. The highest BCUT2D eigenvalue weighted by molar-refractivity contribution is 6.00. The Kier molecular flexibility index (Phi) is 4.64. The van der Waals surface area contributed by atoms with Gasteiger partial charge in [-0.2, -0.15) is 0 Å². The Hall–Kier alpha value is -1.71. The maximum atomic E-state index is 9.68. The van der Waals surface area contributed by atoms with E-state index in [0.717, 1.165) is 12.8 Å². The van der Waals surface area contributed by atoms with Crippen molar-refractivity contribution in [3.05, 3.63) is 23.8 Å². The van der Waals surface area contributed by atoms with Crippen LogP contribution in [0.3, 0.4) is 0 Å². The van der Waals surface area contributed by atoms with Crippen LogP contribution < -0.4 is 4.74 Å². The van der Waals surface area contributed by atoms with E-state index in [1.165, 1.54) is 6.07 Å². The van der Waals surface area contributed by atoms with Crippen LogP contribution in [0, 0.1) is 0 Å². The third kappa shape index (κ3) is 3.15. The number of aromatic hydroxyl groups is 1. The summed E-state index contributed by atoms with van der Waals surface area (Å²) in [6.45, 7) is 4.35. The minimum absolute atomic E-state index is 0.0595. The van der Waals surface area contributed by atoms with E-state index < -0.39 is 0 Å². The van der Waals surface area contributed by atoms with Gasteiger partial charge in [0, 0.05) is 11.6 Å². The number of phenolic OH excluding ortho intramolecular Hbond substituents is 1. The zero-order valence-corrected chi connectivity index (χ0v) is 9.60. The highest BCUT2D eigenvalue weighted by Gasteiger charge is 2.06.